The Labute approximate surface area is 257 Å². The van der Waals surface area contributed by atoms with E-state index in [1.165, 1.54) is 0 Å². The lowest BCUT2D eigenvalue weighted by atomic mass is 10.0. The molecule has 0 aliphatic carbocycles. The fourth-order valence-corrected chi connectivity index (χ4v) is 5.54. The van der Waals surface area contributed by atoms with Gasteiger partial charge in [-0.15, -0.1) is 0 Å². The molecule has 45 heavy (non-hydrogen) atoms. The highest BCUT2D eigenvalue weighted by atomic mass is 35.5. The first-order chi connectivity index (χ1) is 20.9. The number of alkyl halides is 6. The van der Waals surface area contributed by atoms with Gasteiger partial charge in [0, 0.05) is 11.4 Å². The fourth-order valence-electron chi connectivity index (χ4n) is 4.21. The number of carboxylic acids is 1. The molecule has 4 aromatic carbocycles. The van der Waals surface area contributed by atoms with Crippen molar-refractivity contribution in [1.82, 2.24) is 5.32 Å². The predicted octanol–water partition coefficient (Wildman–Crippen LogP) is 7.27. The lowest BCUT2D eigenvalue weighted by molar-refractivity contribution is -0.143. The number of rotatable bonds is 9. The summed E-state index contributed by atoms with van der Waals surface area (Å²) in [5.41, 5.74) is -2.56. The third-order valence-corrected chi connectivity index (χ3v) is 8.03. The van der Waals surface area contributed by atoms with Crippen LogP contribution in [-0.2, 0) is 33.6 Å². The van der Waals surface area contributed by atoms with E-state index >= 15 is 0 Å². The Bertz CT molecular complexity index is 1800. The highest BCUT2D eigenvalue weighted by molar-refractivity contribution is 7.92. The van der Waals surface area contributed by atoms with Crippen LogP contribution >= 0.6 is 11.6 Å². The molecule has 0 radical (unpaired) electrons. The van der Waals surface area contributed by atoms with Gasteiger partial charge in [-0.2, -0.15) is 26.3 Å². The minimum Gasteiger partial charge on any atom is -0.480 e. The molecule has 15 heteroatoms. The molecule has 1 unspecified atom stereocenters. The van der Waals surface area contributed by atoms with Crippen LogP contribution in [0.1, 0.15) is 27.0 Å². The van der Waals surface area contributed by atoms with Crippen molar-refractivity contribution in [2.24, 2.45) is 0 Å². The summed E-state index contributed by atoms with van der Waals surface area (Å²) in [6.07, 6.45) is -10.8. The van der Waals surface area contributed by atoms with E-state index in [1.807, 2.05) is 35.1 Å². The number of nitrogens with one attached hydrogen (secondary N) is 2. The molecule has 0 spiro atoms. The zero-order valence-corrected chi connectivity index (χ0v) is 24.2. The molecule has 0 bridgehead atoms. The van der Waals surface area contributed by atoms with E-state index in [-0.39, 0.29) is 29.6 Å². The Morgan fingerprint density at radius 2 is 1.33 bits per heavy atom. The second-order valence-electron chi connectivity index (χ2n) is 9.67. The molecule has 0 heterocycles. The van der Waals surface area contributed by atoms with Gasteiger partial charge in [0.25, 0.3) is 15.9 Å². The summed E-state index contributed by atoms with van der Waals surface area (Å²) in [5, 5.41) is 11.9. The van der Waals surface area contributed by atoms with Crippen LogP contribution in [0.15, 0.2) is 95.9 Å². The van der Waals surface area contributed by atoms with Gasteiger partial charge in [-0.05, 0) is 53.1 Å². The molecule has 0 aromatic heterocycles. The minimum absolute atomic E-state index is 0.0107. The van der Waals surface area contributed by atoms with Gasteiger partial charge in [0.15, 0.2) is 0 Å². The number of hydrogen-bond acceptors (Lipinski definition) is 4. The van der Waals surface area contributed by atoms with Crippen LogP contribution in [0.5, 0.6) is 0 Å². The molecule has 4 rings (SSSR count). The van der Waals surface area contributed by atoms with Crippen LogP contribution in [0, 0.1) is 0 Å². The molecule has 1 amide bonds. The van der Waals surface area contributed by atoms with E-state index in [2.05, 4.69) is 5.32 Å². The summed E-state index contributed by atoms with van der Waals surface area (Å²) in [4.78, 5) is 23.8. The maximum absolute atomic E-state index is 13.3. The number of hydrogen-bond donors (Lipinski definition) is 3. The fraction of sp³-hybridized carbons (Fsp3) is 0.133. The van der Waals surface area contributed by atoms with Crippen LogP contribution in [0.2, 0.25) is 5.02 Å². The normalized spacial score (nSPS) is 12.8. The zero-order chi connectivity index (χ0) is 33.2. The smallest absolute Gasteiger partial charge is 0.416 e. The number of sulfonamides is 1. The molecule has 1 atom stereocenters. The first kappa shape index (κ1) is 33.3. The Kier molecular flexibility index (Phi) is 9.49. The minimum atomic E-state index is -5.31. The van der Waals surface area contributed by atoms with Gasteiger partial charge in [0.1, 0.15) is 6.04 Å². The summed E-state index contributed by atoms with van der Waals surface area (Å²) in [6.45, 7) is 0. The number of anilines is 1. The topological polar surface area (TPSA) is 113 Å². The van der Waals surface area contributed by atoms with E-state index in [0.717, 1.165) is 29.3 Å². The average Bonchev–Trinajstić information content (AvgIpc) is 2.97. The molecular formula is C30H21ClF6N2O5S. The molecule has 0 saturated heterocycles. The zero-order valence-electron chi connectivity index (χ0n) is 22.6. The lowest BCUT2D eigenvalue weighted by Gasteiger charge is -2.18. The van der Waals surface area contributed by atoms with Crippen LogP contribution < -0.4 is 10.0 Å². The number of halogens is 7. The average molecular weight is 671 g/mol. The van der Waals surface area contributed by atoms with Crippen LogP contribution in [0.25, 0.3) is 11.1 Å². The second kappa shape index (κ2) is 12.8. The Hall–Kier alpha value is -4.56. The van der Waals surface area contributed by atoms with Crippen LogP contribution in [0.4, 0.5) is 32.0 Å². The SMILES string of the molecule is O=C(NC(Cc1ccc(-c2ccccc2)cc1)C(=O)O)c1cc(Cl)ccc1NS(=O)(=O)c1cc(C(F)(F)F)cc(C(F)(F)F)c1. The molecule has 4 aromatic rings. The van der Waals surface area contributed by atoms with Crippen LogP contribution in [0.3, 0.4) is 0 Å². The van der Waals surface area contributed by atoms with Gasteiger partial charge >= 0.3 is 18.3 Å². The van der Waals surface area contributed by atoms with Gasteiger partial charge in [-0.1, -0.05) is 66.2 Å². The van der Waals surface area contributed by atoms with Gasteiger partial charge < -0.3 is 10.4 Å². The van der Waals surface area contributed by atoms with Gasteiger partial charge in [0.05, 0.1) is 27.3 Å². The summed E-state index contributed by atoms with van der Waals surface area (Å²) >= 11 is 5.96. The molecule has 0 aliphatic heterocycles. The van der Waals surface area contributed by atoms with E-state index in [4.69, 9.17) is 11.6 Å². The molecular weight excluding hydrogens is 650 g/mol. The van der Waals surface area contributed by atoms with E-state index in [9.17, 15) is 49.5 Å². The Morgan fingerprint density at radius 3 is 1.87 bits per heavy atom. The Balaban J connectivity index is 1.61. The molecule has 0 saturated carbocycles. The van der Waals surface area contributed by atoms with Gasteiger partial charge in [0.2, 0.25) is 0 Å². The molecule has 236 valence electrons. The molecule has 3 N–H and O–H groups in total. The van der Waals surface area contributed by atoms with Gasteiger partial charge in [-0.25, -0.2) is 13.2 Å². The summed E-state index contributed by atoms with van der Waals surface area (Å²) in [6, 6.07) is 17.4. The van der Waals surface area contributed by atoms with Crippen molar-refractivity contribution < 1.29 is 49.5 Å². The lowest BCUT2D eigenvalue weighted by Crippen LogP contribution is -2.42. The first-order valence-electron chi connectivity index (χ1n) is 12.7. The second-order valence-corrected chi connectivity index (χ2v) is 11.8. The summed E-state index contributed by atoms with van der Waals surface area (Å²) < 4.78 is 108. The van der Waals surface area contributed by atoms with Crippen molar-refractivity contribution in [3.8, 4) is 11.1 Å². The third kappa shape index (κ3) is 8.34. The highest BCUT2D eigenvalue weighted by Gasteiger charge is 2.38. The molecule has 7 nitrogen and oxygen atoms in total. The number of benzene rings is 4. The van der Waals surface area contributed by atoms with Crippen molar-refractivity contribution in [3.05, 3.63) is 118 Å². The number of amides is 1. The van der Waals surface area contributed by atoms with Crippen molar-refractivity contribution in [2.75, 3.05) is 4.72 Å². The summed E-state index contributed by atoms with van der Waals surface area (Å²) in [7, 11) is -5.16. The predicted molar refractivity (Wildman–Crippen MR) is 153 cm³/mol. The van der Waals surface area contributed by atoms with Crippen molar-refractivity contribution >= 4 is 39.2 Å². The first-order valence-corrected chi connectivity index (χ1v) is 14.6. The summed E-state index contributed by atoms with van der Waals surface area (Å²) in [5.74, 6) is -2.58. The van der Waals surface area contributed by atoms with Crippen molar-refractivity contribution in [2.45, 2.75) is 29.7 Å². The van der Waals surface area contributed by atoms with E-state index in [0.29, 0.717) is 5.56 Å². The number of aliphatic carboxylic acids is 1. The standard InChI is InChI=1S/C30H21ClF6N2O5S/c31-22-10-11-25(39-45(43,44)23-14-20(29(32,33)34)13-21(15-23)30(35,36)37)24(16-22)27(40)38-26(28(41)42)12-17-6-8-19(9-7-17)18-4-2-1-3-5-18/h1-11,13-16,26,39H,12H2,(H,38,40)(H,41,42). The quantitative estimate of drug-likeness (QED) is 0.162. The maximum atomic E-state index is 13.3. The van der Waals surface area contributed by atoms with Gasteiger partial charge in [-0.3, -0.25) is 9.52 Å². The maximum Gasteiger partial charge on any atom is 0.416 e. The largest absolute Gasteiger partial charge is 0.480 e. The molecule has 0 aliphatic rings. The van der Waals surface area contributed by atoms with E-state index < -0.39 is 67.6 Å². The van der Waals surface area contributed by atoms with Crippen molar-refractivity contribution in [3.63, 3.8) is 0 Å². The highest BCUT2D eigenvalue weighted by Crippen LogP contribution is 2.38. The Morgan fingerprint density at radius 1 is 0.778 bits per heavy atom. The number of carbonyl (C=O) groups excluding carboxylic acids is 1. The monoisotopic (exact) mass is 670 g/mol. The third-order valence-electron chi connectivity index (χ3n) is 6.45. The molecule has 0 fully saturated rings. The van der Waals surface area contributed by atoms with E-state index in [1.54, 1.807) is 24.3 Å². The number of carboxylic acid groups (broad SMARTS) is 1. The number of carbonyl (C=O) groups is 2. The van der Waals surface area contributed by atoms with Crippen molar-refractivity contribution in [1.29, 1.82) is 0 Å². The van der Waals surface area contributed by atoms with Crippen LogP contribution in [-0.4, -0.2) is 31.4 Å².